The smallest absolute Gasteiger partial charge is 0.389 e. The van der Waals surface area contributed by atoms with Gasteiger partial charge in [-0.15, -0.1) is 0 Å². The van der Waals surface area contributed by atoms with Gasteiger partial charge in [0.25, 0.3) is 0 Å². The van der Waals surface area contributed by atoms with Crippen LogP contribution in [0.3, 0.4) is 0 Å². The van der Waals surface area contributed by atoms with E-state index in [4.69, 9.17) is 4.74 Å². The predicted molar refractivity (Wildman–Crippen MR) is 68.3 cm³/mol. The number of aliphatic hydroxyl groups is 1. The summed E-state index contributed by atoms with van der Waals surface area (Å²) in [6.07, 6.45) is 1.40. The molecule has 21 heavy (non-hydrogen) atoms. The fraction of sp³-hybridized carbons (Fsp3) is 1.00. The van der Waals surface area contributed by atoms with Gasteiger partial charge in [0.2, 0.25) is 0 Å². The van der Waals surface area contributed by atoms with Crippen LogP contribution in [0.15, 0.2) is 0 Å². The Hall–Kier alpha value is -0.290. The molecule has 0 aromatic heterocycles. The molecule has 7 saturated carbocycles. The van der Waals surface area contributed by atoms with Crippen molar-refractivity contribution in [2.24, 2.45) is 35.5 Å². The molecule has 0 aromatic rings. The molecule has 7 fully saturated rings. The lowest BCUT2D eigenvalue weighted by Crippen LogP contribution is -2.78. The lowest BCUT2D eigenvalue weighted by molar-refractivity contribution is -0.363. The summed E-state index contributed by atoms with van der Waals surface area (Å²) in [6, 6.07) is 0. The van der Waals surface area contributed by atoms with Crippen molar-refractivity contribution >= 4 is 0 Å². The molecule has 0 spiro atoms. The molecule has 7 aliphatic rings. The highest BCUT2D eigenvalue weighted by Gasteiger charge is 2.75. The first-order valence-corrected chi connectivity index (χ1v) is 8.25. The minimum atomic E-state index is -4.25. The van der Waals surface area contributed by atoms with Gasteiger partial charge in [-0.3, -0.25) is 0 Å². The third kappa shape index (κ3) is 1.48. The van der Waals surface area contributed by atoms with Crippen LogP contribution in [0.1, 0.15) is 38.5 Å². The van der Waals surface area contributed by atoms with Crippen LogP contribution in [0, 0.1) is 35.5 Å². The Morgan fingerprint density at radius 3 is 2.00 bits per heavy atom. The molecule has 0 saturated heterocycles. The van der Waals surface area contributed by atoms with Gasteiger partial charge in [0, 0.05) is 0 Å². The van der Waals surface area contributed by atoms with Gasteiger partial charge in [-0.1, -0.05) is 0 Å². The Labute approximate surface area is 122 Å². The summed E-state index contributed by atoms with van der Waals surface area (Å²) in [6.45, 7) is -1.12. The highest BCUT2D eigenvalue weighted by Crippen LogP contribution is 2.74. The predicted octanol–water partition coefficient (Wildman–Crippen LogP) is 3.14. The molecule has 118 valence electrons. The molecular weight excluding hydrogens is 281 g/mol. The second-order valence-electron chi connectivity index (χ2n) is 8.36. The molecule has 0 heterocycles. The van der Waals surface area contributed by atoms with E-state index in [0.717, 1.165) is 38.5 Å². The van der Waals surface area contributed by atoms with E-state index < -0.39 is 24.0 Å². The minimum absolute atomic E-state index is 0.162. The first kappa shape index (κ1) is 13.2. The maximum absolute atomic E-state index is 12.7. The fourth-order valence-electron chi connectivity index (χ4n) is 7.36. The third-order valence-electron chi connectivity index (χ3n) is 7.59. The number of alkyl halides is 3. The molecule has 7 aliphatic carbocycles. The second kappa shape index (κ2) is 3.61. The topological polar surface area (TPSA) is 29.5 Å². The Kier molecular flexibility index (Phi) is 2.27. The van der Waals surface area contributed by atoms with E-state index >= 15 is 0 Å². The molecule has 1 N–H and O–H groups in total. The van der Waals surface area contributed by atoms with Crippen molar-refractivity contribution in [2.45, 2.75) is 55.9 Å². The van der Waals surface area contributed by atoms with Gasteiger partial charge in [0.05, 0.1) is 11.2 Å². The first-order valence-electron chi connectivity index (χ1n) is 8.25. The van der Waals surface area contributed by atoms with Gasteiger partial charge >= 0.3 is 6.18 Å². The van der Waals surface area contributed by atoms with Gasteiger partial charge in [-0.05, 0) is 74.0 Å². The average molecular weight is 302 g/mol. The molecule has 0 radical (unpaired) electrons. The van der Waals surface area contributed by atoms with E-state index in [2.05, 4.69) is 0 Å². The summed E-state index contributed by atoms with van der Waals surface area (Å²) in [4.78, 5) is 0. The maximum atomic E-state index is 12.7. The number of ether oxygens (including phenoxy) is 1. The molecule has 0 aliphatic heterocycles. The van der Waals surface area contributed by atoms with Crippen LogP contribution in [0.5, 0.6) is 0 Å². The Morgan fingerprint density at radius 2 is 1.43 bits per heavy atom. The summed E-state index contributed by atoms with van der Waals surface area (Å²) in [7, 11) is 0. The van der Waals surface area contributed by atoms with Crippen LogP contribution in [0.4, 0.5) is 13.2 Å². The van der Waals surface area contributed by atoms with Gasteiger partial charge in [0.15, 0.2) is 0 Å². The zero-order chi connectivity index (χ0) is 14.6. The van der Waals surface area contributed by atoms with Gasteiger partial charge < -0.3 is 9.84 Å². The van der Waals surface area contributed by atoms with Crippen LogP contribution >= 0.6 is 0 Å². The Balaban J connectivity index is 1.55. The van der Waals surface area contributed by atoms with Crippen molar-refractivity contribution in [3.8, 4) is 0 Å². The van der Waals surface area contributed by atoms with Crippen molar-refractivity contribution in [1.29, 1.82) is 0 Å². The summed E-state index contributed by atoms with van der Waals surface area (Å²) < 4.78 is 43.8. The Morgan fingerprint density at radius 1 is 0.905 bits per heavy atom. The average Bonchev–Trinajstić information content (AvgIpc) is 2.41. The molecule has 5 heteroatoms. The normalized spacial score (nSPS) is 60.0. The van der Waals surface area contributed by atoms with Gasteiger partial charge in [-0.2, -0.15) is 13.2 Å². The van der Waals surface area contributed by atoms with E-state index in [0.29, 0.717) is 11.8 Å². The SMILES string of the molecule is OC12CC3CC4C1CC1CC2C(C3)C4(OCC(F)(F)F)C1. The van der Waals surface area contributed by atoms with E-state index in [1.165, 1.54) is 0 Å². The molecule has 0 amide bonds. The van der Waals surface area contributed by atoms with Crippen molar-refractivity contribution in [3.05, 3.63) is 0 Å². The van der Waals surface area contributed by atoms with Crippen LogP contribution in [0.2, 0.25) is 0 Å². The lowest BCUT2D eigenvalue weighted by Gasteiger charge is -2.76. The second-order valence-corrected chi connectivity index (χ2v) is 8.36. The molecular formula is C16H21F3O2. The summed E-state index contributed by atoms with van der Waals surface area (Å²) in [5.41, 5.74) is -1.16. The number of hydrogen-bond donors (Lipinski definition) is 1. The maximum Gasteiger partial charge on any atom is 0.411 e. The molecule has 4 atom stereocenters. The highest BCUT2D eigenvalue weighted by molar-refractivity contribution is 5.25. The zero-order valence-electron chi connectivity index (χ0n) is 11.9. The summed E-state index contributed by atoms with van der Waals surface area (Å²) >= 11 is 0. The van der Waals surface area contributed by atoms with Crippen LogP contribution in [-0.4, -0.2) is 29.1 Å². The molecule has 0 aromatic carbocycles. The van der Waals surface area contributed by atoms with E-state index in [9.17, 15) is 18.3 Å². The molecule has 2 nitrogen and oxygen atoms in total. The van der Waals surface area contributed by atoms with Crippen LogP contribution in [0.25, 0.3) is 0 Å². The molecule has 8 bridgehead atoms. The summed E-state index contributed by atoms with van der Waals surface area (Å²) in [5.74, 6) is 1.68. The Bertz CT molecular complexity index is 464. The zero-order valence-corrected chi connectivity index (χ0v) is 11.9. The van der Waals surface area contributed by atoms with Crippen molar-refractivity contribution in [3.63, 3.8) is 0 Å². The monoisotopic (exact) mass is 302 g/mol. The van der Waals surface area contributed by atoms with E-state index in [1.54, 1.807) is 0 Å². The van der Waals surface area contributed by atoms with Crippen molar-refractivity contribution in [2.75, 3.05) is 6.61 Å². The fourth-order valence-corrected chi connectivity index (χ4v) is 7.36. The number of rotatable bonds is 2. The largest absolute Gasteiger partial charge is 0.411 e. The minimum Gasteiger partial charge on any atom is -0.389 e. The van der Waals surface area contributed by atoms with Gasteiger partial charge in [-0.25, -0.2) is 0 Å². The highest BCUT2D eigenvalue weighted by atomic mass is 19.4. The van der Waals surface area contributed by atoms with Crippen molar-refractivity contribution < 1.29 is 23.0 Å². The number of halogens is 3. The molecule has 4 unspecified atom stereocenters. The summed E-state index contributed by atoms with van der Waals surface area (Å²) in [5, 5.41) is 11.2. The van der Waals surface area contributed by atoms with Gasteiger partial charge in [0.1, 0.15) is 6.61 Å². The lowest BCUT2D eigenvalue weighted by atomic mass is 9.32. The van der Waals surface area contributed by atoms with E-state index in [-0.39, 0.29) is 23.7 Å². The standard InChI is InChI=1S/C16H21F3O2/c17-16(18,19)7-21-15-6-9-1-10-12(15)3-8-4-13(15)11(2-9)14(10,20)5-8/h8-13,20H,1-7H2. The van der Waals surface area contributed by atoms with Crippen LogP contribution < -0.4 is 0 Å². The van der Waals surface area contributed by atoms with Crippen LogP contribution in [-0.2, 0) is 4.74 Å². The van der Waals surface area contributed by atoms with Crippen molar-refractivity contribution in [1.82, 2.24) is 0 Å². The molecule has 7 rings (SSSR count). The first-order chi connectivity index (χ1) is 9.82. The quantitative estimate of drug-likeness (QED) is 0.849. The third-order valence-corrected chi connectivity index (χ3v) is 7.59. The number of hydrogen-bond acceptors (Lipinski definition) is 2. The van der Waals surface area contributed by atoms with E-state index in [1.807, 2.05) is 0 Å².